The van der Waals surface area contributed by atoms with Crippen LogP contribution in [0.3, 0.4) is 0 Å². The lowest BCUT2D eigenvalue weighted by atomic mass is 10.1. The lowest BCUT2D eigenvalue weighted by Gasteiger charge is -2.36. The number of nitrogen functional groups attached to an aromatic ring is 1. The first kappa shape index (κ1) is 23.8. The van der Waals surface area contributed by atoms with E-state index in [2.05, 4.69) is 9.80 Å². The van der Waals surface area contributed by atoms with E-state index in [0.717, 1.165) is 38.3 Å². The Hall–Kier alpha value is -1.90. The molecule has 1 unspecified atom stereocenters. The number of aliphatic hydroxyl groups is 1. The Labute approximate surface area is 193 Å². The fraction of sp³-hybridized carbons (Fsp3) is 0.455. The van der Waals surface area contributed by atoms with Gasteiger partial charge in [-0.2, -0.15) is 0 Å². The van der Waals surface area contributed by atoms with Gasteiger partial charge < -0.3 is 25.1 Å². The second-order valence-electron chi connectivity index (χ2n) is 7.48. The Morgan fingerprint density at radius 1 is 0.935 bits per heavy atom. The first-order valence-corrected chi connectivity index (χ1v) is 10.8. The molecule has 1 aliphatic heterocycles. The van der Waals surface area contributed by atoms with Crippen LogP contribution in [-0.2, 0) is 6.54 Å². The van der Waals surface area contributed by atoms with Gasteiger partial charge in [0, 0.05) is 44.8 Å². The third kappa shape index (κ3) is 5.48. The SMILES string of the molecule is COc1ccc(CN2CCN(CC(O)c3cc(Cl)c(N)c(Cl)c3)CC2)c(OC)c1OC. The maximum Gasteiger partial charge on any atom is 0.203 e. The van der Waals surface area contributed by atoms with Crippen molar-refractivity contribution in [3.05, 3.63) is 45.4 Å². The molecule has 3 rings (SSSR count). The molecule has 1 atom stereocenters. The van der Waals surface area contributed by atoms with E-state index in [1.807, 2.05) is 12.1 Å². The quantitative estimate of drug-likeness (QED) is 0.572. The first-order valence-electron chi connectivity index (χ1n) is 10.0. The summed E-state index contributed by atoms with van der Waals surface area (Å²) in [5.41, 5.74) is 7.83. The van der Waals surface area contributed by atoms with Crippen LogP contribution in [0.5, 0.6) is 17.2 Å². The number of hydrogen-bond acceptors (Lipinski definition) is 7. The number of piperazine rings is 1. The Kier molecular flexibility index (Phi) is 8.13. The zero-order valence-electron chi connectivity index (χ0n) is 18.0. The van der Waals surface area contributed by atoms with E-state index in [0.29, 0.717) is 45.1 Å². The molecule has 0 spiro atoms. The molecule has 1 heterocycles. The van der Waals surface area contributed by atoms with Gasteiger partial charge in [-0.3, -0.25) is 9.80 Å². The van der Waals surface area contributed by atoms with Crippen molar-refractivity contribution in [1.82, 2.24) is 9.80 Å². The molecule has 0 aliphatic carbocycles. The van der Waals surface area contributed by atoms with Gasteiger partial charge in [0.05, 0.1) is 43.2 Å². The van der Waals surface area contributed by atoms with Crippen LogP contribution in [-0.4, -0.2) is 69.0 Å². The number of halogens is 2. The fourth-order valence-electron chi connectivity index (χ4n) is 3.80. The molecule has 1 fully saturated rings. The third-order valence-corrected chi connectivity index (χ3v) is 6.19. The number of β-amino-alcohol motifs (C(OH)–C–C–N with tert-alkyl or cyclic N) is 1. The molecule has 3 N–H and O–H groups in total. The predicted molar refractivity (Wildman–Crippen MR) is 124 cm³/mol. The van der Waals surface area contributed by atoms with Crippen LogP contribution >= 0.6 is 23.2 Å². The van der Waals surface area contributed by atoms with Crippen molar-refractivity contribution < 1.29 is 19.3 Å². The molecule has 170 valence electrons. The number of hydrogen-bond donors (Lipinski definition) is 2. The van der Waals surface area contributed by atoms with E-state index in [1.165, 1.54) is 0 Å². The van der Waals surface area contributed by atoms with Gasteiger partial charge in [0.1, 0.15) is 0 Å². The summed E-state index contributed by atoms with van der Waals surface area (Å²) in [6, 6.07) is 7.25. The Bertz CT molecular complexity index is 882. The number of anilines is 1. The van der Waals surface area contributed by atoms with Gasteiger partial charge in [-0.05, 0) is 23.8 Å². The summed E-state index contributed by atoms with van der Waals surface area (Å²) < 4.78 is 16.4. The Morgan fingerprint density at radius 3 is 2.06 bits per heavy atom. The van der Waals surface area contributed by atoms with Gasteiger partial charge in [-0.25, -0.2) is 0 Å². The van der Waals surface area contributed by atoms with Gasteiger partial charge >= 0.3 is 0 Å². The monoisotopic (exact) mass is 469 g/mol. The van der Waals surface area contributed by atoms with Crippen molar-refractivity contribution >= 4 is 28.9 Å². The highest BCUT2D eigenvalue weighted by Gasteiger charge is 2.23. The average molecular weight is 470 g/mol. The topological polar surface area (TPSA) is 80.4 Å². The first-order chi connectivity index (χ1) is 14.9. The zero-order valence-corrected chi connectivity index (χ0v) is 19.5. The zero-order chi connectivity index (χ0) is 22.5. The van der Waals surface area contributed by atoms with E-state index in [1.54, 1.807) is 33.5 Å². The minimum atomic E-state index is -0.687. The molecule has 0 radical (unpaired) electrons. The van der Waals surface area contributed by atoms with Crippen molar-refractivity contribution in [2.75, 3.05) is 59.8 Å². The molecule has 7 nitrogen and oxygen atoms in total. The van der Waals surface area contributed by atoms with Crippen molar-refractivity contribution in [3.8, 4) is 17.2 Å². The van der Waals surface area contributed by atoms with Crippen LogP contribution in [0.25, 0.3) is 0 Å². The Balaban J connectivity index is 1.59. The van der Waals surface area contributed by atoms with E-state index >= 15 is 0 Å². The molecule has 2 aromatic rings. The molecule has 0 bridgehead atoms. The summed E-state index contributed by atoms with van der Waals surface area (Å²) in [7, 11) is 4.85. The van der Waals surface area contributed by atoms with Gasteiger partial charge in [-0.1, -0.05) is 29.3 Å². The number of nitrogens with two attached hydrogens (primary N) is 1. The number of rotatable bonds is 8. The standard InChI is InChI=1S/C22H29Cl2N3O4/c1-29-19-5-4-14(21(30-2)22(19)31-3)12-26-6-8-27(9-7-26)13-18(28)15-10-16(23)20(25)17(24)11-15/h4-5,10-11,18,28H,6-9,12-13,25H2,1-3H3. The van der Waals surface area contributed by atoms with Crippen molar-refractivity contribution in [2.24, 2.45) is 0 Å². The fourth-order valence-corrected chi connectivity index (χ4v) is 4.31. The van der Waals surface area contributed by atoms with E-state index in [4.69, 9.17) is 43.1 Å². The van der Waals surface area contributed by atoms with Gasteiger partial charge in [0.15, 0.2) is 11.5 Å². The normalized spacial score (nSPS) is 16.2. The third-order valence-electron chi connectivity index (χ3n) is 5.56. The summed E-state index contributed by atoms with van der Waals surface area (Å²) in [4.78, 5) is 4.58. The summed E-state index contributed by atoms with van der Waals surface area (Å²) in [6.45, 7) is 4.65. The predicted octanol–water partition coefficient (Wildman–Crippen LogP) is 3.45. The van der Waals surface area contributed by atoms with Crippen molar-refractivity contribution in [1.29, 1.82) is 0 Å². The minimum absolute atomic E-state index is 0.332. The van der Waals surface area contributed by atoms with Crippen molar-refractivity contribution in [3.63, 3.8) is 0 Å². The summed E-state index contributed by atoms with van der Waals surface area (Å²) >= 11 is 12.2. The number of nitrogens with zero attached hydrogens (tertiary/aromatic N) is 2. The molecular formula is C22H29Cl2N3O4. The lowest BCUT2D eigenvalue weighted by molar-refractivity contribution is 0.0698. The van der Waals surface area contributed by atoms with Gasteiger partial charge in [-0.15, -0.1) is 0 Å². The van der Waals surface area contributed by atoms with Crippen LogP contribution in [0.4, 0.5) is 5.69 Å². The second kappa shape index (κ2) is 10.6. The number of benzene rings is 2. The molecule has 2 aromatic carbocycles. The Morgan fingerprint density at radius 2 is 1.52 bits per heavy atom. The molecule has 9 heteroatoms. The minimum Gasteiger partial charge on any atom is -0.493 e. The largest absolute Gasteiger partial charge is 0.493 e. The molecule has 1 saturated heterocycles. The summed E-state index contributed by atoms with van der Waals surface area (Å²) in [5, 5.41) is 11.3. The highest BCUT2D eigenvalue weighted by molar-refractivity contribution is 6.38. The highest BCUT2D eigenvalue weighted by atomic mass is 35.5. The lowest BCUT2D eigenvalue weighted by Crippen LogP contribution is -2.47. The van der Waals surface area contributed by atoms with E-state index in [-0.39, 0.29) is 0 Å². The summed E-state index contributed by atoms with van der Waals surface area (Å²) in [5.74, 6) is 1.94. The van der Waals surface area contributed by atoms with Crippen LogP contribution < -0.4 is 19.9 Å². The van der Waals surface area contributed by atoms with Crippen LogP contribution in [0.15, 0.2) is 24.3 Å². The molecule has 1 aliphatic rings. The highest BCUT2D eigenvalue weighted by Crippen LogP contribution is 2.40. The molecule has 0 amide bonds. The molecule has 0 aromatic heterocycles. The van der Waals surface area contributed by atoms with Gasteiger partial charge in [0.25, 0.3) is 0 Å². The number of aliphatic hydroxyl groups excluding tert-OH is 1. The maximum absolute atomic E-state index is 10.6. The van der Waals surface area contributed by atoms with Crippen molar-refractivity contribution in [2.45, 2.75) is 12.6 Å². The van der Waals surface area contributed by atoms with Crippen LogP contribution in [0.1, 0.15) is 17.2 Å². The van der Waals surface area contributed by atoms with E-state index < -0.39 is 6.10 Å². The van der Waals surface area contributed by atoms with Crippen LogP contribution in [0.2, 0.25) is 10.0 Å². The second-order valence-corrected chi connectivity index (χ2v) is 8.30. The maximum atomic E-state index is 10.6. The van der Waals surface area contributed by atoms with E-state index in [9.17, 15) is 5.11 Å². The molecular weight excluding hydrogens is 441 g/mol. The molecule has 31 heavy (non-hydrogen) atoms. The number of ether oxygens (including phenoxy) is 3. The smallest absolute Gasteiger partial charge is 0.203 e. The summed E-state index contributed by atoms with van der Waals surface area (Å²) in [6.07, 6.45) is -0.687. The number of methoxy groups -OCH3 is 3. The molecule has 0 saturated carbocycles. The average Bonchev–Trinajstić information content (AvgIpc) is 2.77. The van der Waals surface area contributed by atoms with Crippen LogP contribution in [0, 0.1) is 0 Å². The van der Waals surface area contributed by atoms with Gasteiger partial charge in [0.2, 0.25) is 5.75 Å².